The topological polar surface area (TPSA) is 40.5 Å². The van der Waals surface area contributed by atoms with Gasteiger partial charge in [-0.05, 0) is 36.8 Å². The molecule has 3 nitrogen and oxygen atoms in total. The standard InChI is InChI=1S/C15H17NO2/c1-15(2,18)14(17)16(3)13-9-8-11-6-4-5-7-12(11)10-13/h4-10,18H,1-3H3. The third kappa shape index (κ3) is 2.36. The number of rotatable bonds is 2. The number of hydrogen-bond donors (Lipinski definition) is 1. The molecule has 0 heterocycles. The Balaban J connectivity index is 2.39. The van der Waals surface area contributed by atoms with E-state index in [9.17, 15) is 9.90 Å². The first-order valence-corrected chi connectivity index (χ1v) is 5.89. The van der Waals surface area contributed by atoms with Crippen LogP contribution in [0.2, 0.25) is 0 Å². The van der Waals surface area contributed by atoms with Crippen LogP contribution in [0.25, 0.3) is 10.8 Å². The molecule has 18 heavy (non-hydrogen) atoms. The van der Waals surface area contributed by atoms with Crippen molar-refractivity contribution in [3.05, 3.63) is 42.5 Å². The van der Waals surface area contributed by atoms with Gasteiger partial charge in [0.15, 0.2) is 0 Å². The van der Waals surface area contributed by atoms with E-state index in [1.54, 1.807) is 7.05 Å². The molecule has 94 valence electrons. The van der Waals surface area contributed by atoms with E-state index in [1.165, 1.54) is 18.7 Å². The number of fused-ring (bicyclic) bond motifs is 1. The number of carbonyl (C=O) groups is 1. The van der Waals surface area contributed by atoms with Crippen molar-refractivity contribution in [3.63, 3.8) is 0 Å². The molecule has 0 spiro atoms. The molecule has 0 fully saturated rings. The molecule has 0 aliphatic heterocycles. The maximum atomic E-state index is 12.0. The molecule has 0 radical (unpaired) electrons. The molecule has 2 aromatic rings. The van der Waals surface area contributed by atoms with Gasteiger partial charge in [-0.2, -0.15) is 0 Å². The van der Waals surface area contributed by atoms with Gasteiger partial charge in [-0.15, -0.1) is 0 Å². The van der Waals surface area contributed by atoms with Crippen molar-refractivity contribution in [3.8, 4) is 0 Å². The highest BCUT2D eigenvalue weighted by Crippen LogP contribution is 2.22. The van der Waals surface area contributed by atoms with Crippen LogP contribution in [-0.2, 0) is 4.79 Å². The van der Waals surface area contributed by atoms with Crippen LogP contribution in [0, 0.1) is 0 Å². The van der Waals surface area contributed by atoms with Crippen LogP contribution >= 0.6 is 0 Å². The molecule has 0 atom stereocenters. The van der Waals surface area contributed by atoms with Crippen molar-refractivity contribution in [2.24, 2.45) is 0 Å². The lowest BCUT2D eigenvalue weighted by molar-refractivity contribution is -0.133. The molecule has 2 aromatic carbocycles. The van der Waals surface area contributed by atoms with Crippen LogP contribution in [0.5, 0.6) is 0 Å². The number of benzene rings is 2. The maximum Gasteiger partial charge on any atom is 0.258 e. The highest BCUT2D eigenvalue weighted by Gasteiger charge is 2.28. The van der Waals surface area contributed by atoms with E-state index in [2.05, 4.69) is 0 Å². The molecule has 1 N–H and O–H groups in total. The predicted molar refractivity (Wildman–Crippen MR) is 73.7 cm³/mol. The van der Waals surface area contributed by atoms with E-state index in [0.717, 1.165) is 16.5 Å². The second-order valence-corrected chi connectivity index (χ2v) is 4.95. The SMILES string of the molecule is CN(C(=O)C(C)(C)O)c1ccc2ccccc2c1. The molecule has 2 rings (SSSR count). The van der Waals surface area contributed by atoms with Gasteiger partial charge in [-0.1, -0.05) is 30.3 Å². The Bertz CT molecular complexity index is 584. The van der Waals surface area contributed by atoms with Crippen LogP contribution in [0.15, 0.2) is 42.5 Å². The summed E-state index contributed by atoms with van der Waals surface area (Å²) >= 11 is 0. The number of hydrogen-bond acceptors (Lipinski definition) is 2. The molecular formula is C15H17NO2. The zero-order valence-corrected chi connectivity index (χ0v) is 10.8. The molecule has 3 heteroatoms. The number of anilines is 1. The van der Waals surface area contributed by atoms with E-state index >= 15 is 0 Å². The van der Waals surface area contributed by atoms with Crippen molar-refractivity contribution in [2.75, 3.05) is 11.9 Å². The number of nitrogens with zero attached hydrogens (tertiary/aromatic N) is 1. The first kappa shape index (κ1) is 12.6. The summed E-state index contributed by atoms with van der Waals surface area (Å²) in [6, 6.07) is 13.8. The smallest absolute Gasteiger partial charge is 0.258 e. The minimum Gasteiger partial charge on any atom is -0.381 e. The summed E-state index contributed by atoms with van der Waals surface area (Å²) in [4.78, 5) is 13.5. The number of carbonyl (C=O) groups excluding carboxylic acids is 1. The molecule has 0 bridgehead atoms. The second-order valence-electron chi connectivity index (χ2n) is 4.95. The van der Waals surface area contributed by atoms with Crippen molar-refractivity contribution < 1.29 is 9.90 Å². The summed E-state index contributed by atoms with van der Waals surface area (Å²) in [6.45, 7) is 2.99. The van der Waals surface area contributed by atoms with Crippen molar-refractivity contribution >= 4 is 22.4 Å². The summed E-state index contributed by atoms with van der Waals surface area (Å²) in [5.41, 5.74) is -0.582. The summed E-state index contributed by atoms with van der Waals surface area (Å²) in [6.07, 6.45) is 0. The molecule has 1 amide bonds. The lowest BCUT2D eigenvalue weighted by Crippen LogP contribution is -2.43. The van der Waals surface area contributed by atoms with Gasteiger partial charge < -0.3 is 10.0 Å². The highest BCUT2D eigenvalue weighted by atomic mass is 16.3. The zero-order chi connectivity index (χ0) is 13.3. The lowest BCUT2D eigenvalue weighted by atomic mass is 10.1. The van der Waals surface area contributed by atoms with E-state index in [0.29, 0.717) is 0 Å². The first-order valence-electron chi connectivity index (χ1n) is 5.89. The van der Waals surface area contributed by atoms with Gasteiger partial charge >= 0.3 is 0 Å². The van der Waals surface area contributed by atoms with Gasteiger partial charge in [-0.25, -0.2) is 0 Å². The molecule has 0 unspecified atom stereocenters. The summed E-state index contributed by atoms with van der Waals surface area (Å²) < 4.78 is 0. The Morgan fingerprint density at radius 2 is 1.72 bits per heavy atom. The number of likely N-dealkylation sites (N-methyl/N-ethyl adjacent to an activating group) is 1. The van der Waals surface area contributed by atoms with E-state index in [4.69, 9.17) is 0 Å². The Hall–Kier alpha value is -1.87. The van der Waals surface area contributed by atoms with Crippen LogP contribution in [-0.4, -0.2) is 23.7 Å². The first-order chi connectivity index (χ1) is 8.39. The number of amides is 1. The highest BCUT2D eigenvalue weighted by molar-refractivity contribution is 6.00. The van der Waals surface area contributed by atoms with Crippen LogP contribution in [0.1, 0.15) is 13.8 Å². The number of aliphatic hydroxyl groups is 1. The monoisotopic (exact) mass is 243 g/mol. The minimum absolute atomic E-state index is 0.321. The second kappa shape index (κ2) is 4.42. The van der Waals surface area contributed by atoms with Crippen molar-refractivity contribution in [2.45, 2.75) is 19.4 Å². The predicted octanol–water partition coefficient (Wildman–Crippen LogP) is 2.57. The average Bonchev–Trinajstić information content (AvgIpc) is 2.35. The fourth-order valence-corrected chi connectivity index (χ4v) is 1.91. The van der Waals surface area contributed by atoms with E-state index < -0.39 is 5.60 Å². The molecule has 0 saturated carbocycles. The molecular weight excluding hydrogens is 226 g/mol. The molecule has 0 aromatic heterocycles. The van der Waals surface area contributed by atoms with Crippen molar-refractivity contribution in [1.82, 2.24) is 0 Å². The van der Waals surface area contributed by atoms with Crippen molar-refractivity contribution in [1.29, 1.82) is 0 Å². The third-order valence-electron chi connectivity index (χ3n) is 2.95. The third-order valence-corrected chi connectivity index (χ3v) is 2.95. The summed E-state index contributed by atoms with van der Waals surface area (Å²) in [5.74, 6) is -0.321. The fraction of sp³-hybridized carbons (Fsp3) is 0.267. The minimum atomic E-state index is -1.36. The van der Waals surface area contributed by atoms with E-state index in [-0.39, 0.29) is 5.91 Å². The zero-order valence-electron chi connectivity index (χ0n) is 10.8. The molecule has 0 aliphatic rings. The molecule has 0 saturated heterocycles. The Labute approximate surface area is 107 Å². The van der Waals surface area contributed by atoms with Gasteiger partial charge in [0.25, 0.3) is 5.91 Å². The summed E-state index contributed by atoms with van der Waals surface area (Å²) in [7, 11) is 1.67. The maximum absolute atomic E-state index is 12.0. The normalized spacial score (nSPS) is 11.6. The van der Waals surface area contributed by atoms with Gasteiger partial charge in [-0.3, -0.25) is 4.79 Å². The van der Waals surface area contributed by atoms with Gasteiger partial charge in [0.05, 0.1) is 0 Å². The van der Waals surface area contributed by atoms with Gasteiger partial charge in [0.1, 0.15) is 5.60 Å². The van der Waals surface area contributed by atoms with Crippen LogP contribution in [0.4, 0.5) is 5.69 Å². The van der Waals surface area contributed by atoms with Gasteiger partial charge in [0.2, 0.25) is 0 Å². The Kier molecular flexibility index (Phi) is 3.09. The van der Waals surface area contributed by atoms with Crippen LogP contribution < -0.4 is 4.90 Å². The quantitative estimate of drug-likeness (QED) is 0.880. The van der Waals surface area contributed by atoms with Gasteiger partial charge in [0, 0.05) is 12.7 Å². The average molecular weight is 243 g/mol. The largest absolute Gasteiger partial charge is 0.381 e. The summed E-state index contributed by atoms with van der Waals surface area (Å²) in [5, 5.41) is 11.9. The molecule has 0 aliphatic carbocycles. The van der Waals surface area contributed by atoms with E-state index in [1.807, 2.05) is 42.5 Å². The van der Waals surface area contributed by atoms with Crippen LogP contribution in [0.3, 0.4) is 0 Å². The lowest BCUT2D eigenvalue weighted by Gasteiger charge is -2.25. The fourth-order valence-electron chi connectivity index (χ4n) is 1.91. The Morgan fingerprint density at radius 3 is 2.33 bits per heavy atom. The Morgan fingerprint density at radius 1 is 1.11 bits per heavy atom.